The van der Waals surface area contributed by atoms with E-state index in [-0.39, 0.29) is 28.6 Å². The lowest BCUT2D eigenvalue weighted by Gasteiger charge is -2.38. The van der Waals surface area contributed by atoms with Crippen LogP contribution in [0.4, 0.5) is 0 Å². The van der Waals surface area contributed by atoms with Crippen LogP contribution >= 0.6 is 0 Å². The summed E-state index contributed by atoms with van der Waals surface area (Å²) in [6.07, 6.45) is 4.03. The van der Waals surface area contributed by atoms with Crippen molar-refractivity contribution in [2.75, 3.05) is 13.1 Å². The largest absolute Gasteiger partial charge is 0.508 e. The standard InChI is InChI=1S/C20H21NO5/c22-15-3-1-14(2-4-15)20(26)8-11-21(12-9-20)10-7-18(24)17-6-5-16(23)13-19(17)25/h1-7,10,13,22-23,25-26H,8-9,11-12H2/b10-7+. The Morgan fingerprint density at radius 2 is 1.58 bits per heavy atom. The van der Waals surface area contributed by atoms with Crippen molar-refractivity contribution in [3.63, 3.8) is 0 Å². The molecule has 0 aromatic heterocycles. The van der Waals surface area contributed by atoms with Crippen LogP contribution in [0.1, 0.15) is 28.8 Å². The number of hydrogen-bond acceptors (Lipinski definition) is 6. The summed E-state index contributed by atoms with van der Waals surface area (Å²) in [6.45, 7) is 1.14. The number of benzene rings is 2. The maximum Gasteiger partial charge on any atom is 0.190 e. The van der Waals surface area contributed by atoms with Crippen LogP contribution in [0.2, 0.25) is 0 Å². The lowest BCUT2D eigenvalue weighted by molar-refractivity contribution is -0.0161. The molecule has 0 radical (unpaired) electrons. The Kier molecular flexibility index (Phi) is 4.86. The number of carbonyl (C=O) groups excluding carboxylic acids is 1. The van der Waals surface area contributed by atoms with Gasteiger partial charge in [-0.3, -0.25) is 4.79 Å². The second kappa shape index (κ2) is 7.09. The third-order valence-electron chi connectivity index (χ3n) is 4.71. The Labute approximate surface area is 151 Å². The van der Waals surface area contributed by atoms with Gasteiger partial charge in [0.2, 0.25) is 0 Å². The van der Waals surface area contributed by atoms with Crippen LogP contribution in [0.25, 0.3) is 0 Å². The molecule has 0 amide bonds. The highest BCUT2D eigenvalue weighted by molar-refractivity contribution is 6.06. The van der Waals surface area contributed by atoms with E-state index in [1.165, 1.54) is 18.2 Å². The number of likely N-dealkylation sites (tertiary alicyclic amines) is 1. The van der Waals surface area contributed by atoms with Gasteiger partial charge in [-0.15, -0.1) is 0 Å². The number of rotatable bonds is 4. The maximum atomic E-state index is 12.2. The lowest BCUT2D eigenvalue weighted by Crippen LogP contribution is -2.40. The van der Waals surface area contributed by atoms with Crippen molar-refractivity contribution < 1.29 is 25.2 Å². The van der Waals surface area contributed by atoms with Gasteiger partial charge in [0, 0.05) is 31.4 Å². The molecule has 0 saturated carbocycles. The Balaban J connectivity index is 1.62. The summed E-state index contributed by atoms with van der Waals surface area (Å²) >= 11 is 0. The van der Waals surface area contributed by atoms with Gasteiger partial charge in [0.15, 0.2) is 5.78 Å². The van der Waals surface area contributed by atoms with Crippen molar-refractivity contribution in [1.82, 2.24) is 4.90 Å². The van der Waals surface area contributed by atoms with E-state index in [2.05, 4.69) is 0 Å². The first kappa shape index (κ1) is 17.8. The van der Waals surface area contributed by atoms with Gasteiger partial charge in [-0.05, 0) is 42.7 Å². The minimum atomic E-state index is -0.947. The van der Waals surface area contributed by atoms with E-state index >= 15 is 0 Å². The third kappa shape index (κ3) is 3.81. The van der Waals surface area contributed by atoms with Crippen molar-refractivity contribution in [3.8, 4) is 17.2 Å². The fourth-order valence-electron chi connectivity index (χ4n) is 3.09. The molecule has 1 fully saturated rings. The molecular weight excluding hydrogens is 334 g/mol. The smallest absolute Gasteiger partial charge is 0.190 e. The number of aromatic hydroxyl groups is 3. The highest BCUT2D eigenvalue weighted by Gasteiger charge is 2.33. The molecule has 0 unspecified atom stereocenters. The SMILES string of the molecule is O=C(/C=C/N1CCC(O)(c2ccc(O)cc2)CC1)c1ccc(O)cc1O. The predicted octanol–water partition coefficient (Wildman–Crippen LogP) is 2.48. The number of allylic oxidation sites excluding steroid dienone is 1. The van der Waals surface area contributed by atoms with Crippen molar-refractivity contribution in [2.45, 2.75) is 18.4 Å². The Morgan fingerprint density at radius 3 is 2.19 bits per heavy atom. The topological polar surface area (TPSA) is 101 Å². The molecule has 1 aliphatic heterocycles. The normalized spacial score (nSPS) is 16.7. The minimum absolute atomic E-state index is 0.104. The Bertz CT molecular complexity index is 821. The van der Waals surface area contributed by atoms with E-state index in [4.69, 9.17) is 0 Å². The van der Waals surface area contributed by atoms with Gasteiger partial charge in [-0.25, -0.2) is 0 Å². The molecule has 136 valence electrons. The van der Waals surface area contributed by atoms with E-state index < -0.39 is 5.60 Å². The molecule has 0 aliphatic carbocycles. The number of aliphatic hydroxyl groups is 1. The third-order valence-corrected chi connectivity index (χ3v) is 4.71. The second-order valence-electron chi connectivity index (χ2n) is 6.50. The number of phenols is 3. The van der Waals surface area contributed by atoms with E-state index in [0.717, 1.165) is 11.6 Å². The van der Waals surface area contributed by atoms with E-state index in [9.17, 15) is 25.2 Å². The molecule has 4 N–H and O–H groups in total. The molecule has 0 atom stereocenters. The number of hydrogen-bond donors (Lipinski definition) is 4. The van der Waals surface area contributed by atoms with Crippen LogP contribution < -0.4 is 0 Å². The minimum Gasteiger partial charge on any atom is -0.508 e. The molecule has 26 heavy (non-hydrogen) atoms. The monoisotopic (exact) mass is 355 g/mol. The van der Waals surface area contributed by atoms with Crippen molar-refractivity contribution in [1.29, 1.82) is 0 Å². The summed E-state index contributed by atoms with van der Waals surface area (Å²) in [6, 6.07) is 10.4. The van der Waals surface area contributed by atoms with Gasteiger partial charge < -0.3 is 25.3 Å². The molecular formula is C20H21NO5. The molecule has 2 aromatic rings. The first-order chi connectivity index (χ1) is 12.4. The lowest BCUT2D eigenvalue weighted by atomic mass is 9.84. The predicted molar refractivity (Wildman–Crippen MR) is 96.1 cm³/mol. The summed E-state index contributed by atoms with van der Waals surface area (Å²) in [4.78, 5) is 14.1. The van der Waals surface area contributed by atoms with E-state index in [0.29, 0.717) is 25.9 Å². The average molecular weight is 355 g/mol. The highest BCUT2D eigenvalue weighted by Crippen LogP contribution is 2.33. The summed E-state index contributed by atoms with van der Waals surface area (Å²) in [5.41, 5.74) is -0.0576. The molecule has 3 rings (SSSR count). The second-order valence-corrected chi connectivity index (χ2v) is 6.50. The zero-order valence-corrected chi connectivity index (χ0v) is 14.2. The van der Waals surface area contributed by atoms with E-state index in [1.54, 1.807) is 30.5 Å². The molecule has 6 nitrogen and oxygen atoms in total. The van der Waals surface area contributed by atoms with Gasteiger partial charge in [-0.1, -0.05) is 12.1 Å². The van der Waals surface area contributed by atoms with Crippen LogP contribution in [0.3, 0.4) is 0 Å². The number of phenolic OH excluding ortho intramolecular Hbond substituents is 3. The molecule has 6 heteroatoms. The Hall–Kier alpha value is -2.99. The molecule has 1 heterocycles. The van der Waals surface area contributed by atoms with Gasteiger partial charge in [0.1, 0.15) is 17.2 Å². The zero-order valence-electron chi connectivity index (χ0n) is 14.2. The number of carbonyl (C=O) groups is 1. The van der Waals surface area contributed by atoms with Crippen LogP contribution in [0.5, 0.6) is 17.2 Å². The number of nitrogens with zero attached hydrogens (tertiary/aromatic N) is 1. The van der Waals surface area contributed by atoms with Gasteiger partial charge >= 0.3 is 0 Å². The number of ketones is 1. The summed E-state index contributed by atoms with van der Waals surface area (Å²) in [7, 11) is 0. The highest BCUT2D eigenvalue weighted by atomic mass is 16.3. The van der Waals surface area contributed by atoms with Crippen molar-refractivity contribution >= 4 is 5.78 Å². The number of piperidine rings is 1. The van der Waals surface area contributed by atoms with Crippen molar-refractivity contribution in [2.24, 2.45) is 0 Å². The molecule has 0 bridgehead atoms. The summed E-state index contributed by atoms with van der Waals surface area (Å²) in [5.74, 6) is -0.567. The van der Waals surface area contributed by atoms with Crippen molar-refractivity contribution in [3.05, 3.63) is 65.9 Å². The van der Waals surface area contributed by atoms with Crippen LogP contribution in [0.15, 0.2) is 54.7 Å². The van der Waals surface area contributed by atoms with Crippen LogP contribution in [0, 0.1) is 0 Å². The fraction of sp³-hybridized carbons (Fsp3) is 0.250. The zero-order chi connectivity index (χ0) is 18.7. The molecule has 0 spiro atoms. The molecule has 1 aliphatic rings. The van der Waals surface area contributed by atoms with Gasteiger partial charge in [-0.2, -0.15) is 0 Å². The van der Waals surface area contributed by atoms with Gasteiger partial charge in [0.25, 0.3) is 0 Å². The molecule has 1 saturated heterocycles. The maximum absolute atomic E-state index is 12.2. The van der Waals surface area contributed by atoms with Crippen LogP contribution in [-0.2, 0) is 5.60 Å². The first-order valence-electron chi connectivity index (χ1n) is 8.38. The quantitative estimate of drug-likeness (QED) is 0.497. The van der Waals surface area contributed by atoms with E-state index in [1.807, 2.05) is 4.90 Å². The first-order valence-corrected chi connectivity index (χ1v) is 8.38. The average Bonchev–Trinajstić information content (AvgIpc) is 2.61. The molecule has 2 aromatic carbocycles. The fourth-order valence-corrected chi connectivity index (χ4v) is 3.09. The van der Waals surface area contributed by atoms with Crippen LogP contribution in [-0.4, -0.2) is 44.2 Å². The summed E-state index contributed by atoms with van der Waals surface area (Å²) in [5, 5.41) is 39.2. The Morgan fingerprint density at radius 1 is 0.962 bits per heavy atom. The van der Waals surface area contributed by atoms with Gasteiger partial charge in [0.05, 0.1) is 11.2 Å². The summed E-state index contributed by atoms with van der Waals surface area (Å²) < 4.78 is 0.